The van der Waals surface area contributed by atoms with Crippen molar-refractivity contribution in [3.05, 3.63) is 64.5 Å². The van der Waals surface area contributed by atoms with E-state index >= 15 is 0 Å². The largest absolute Gasteiger partial charge is 0.496 e. The van der Waals surface area contributed by atoms with Gasteiger partial charge in [-0.3, -0.25) is 4.99 Å². The minimum Gasteiger partial charge on any atom is -0.496 e. The molecule has 24 heavy (non-hydrogen) atoms. The van der Waals surface area contributed by atoms with Crippen LogP contribution in [0.25, 0.3) is 0 Å². The molecule has 2 aromatic carbocycles. The number of guanidine groups is 1. The fraction of sp³-hybridized carbons (Fsp3) is 0.316. The Morgan fingerprint density at radius 2 is 1.62 bits per heavy atom. The van der Waals surface area contributed by atoms with Gasteiger partial charge in [0.2, 0.25) is 0 Å². The van der Waals surface area contributed by atoms with E-state index in [-0.39, 0.29) is 5.82 Å². The first-order chi connectivity index (χ1) is 11.5. The molecular weight excluding hydrogens is 305 g/mol. The predicted molar refractivity (Wildman–Crippen MR) is 95.9 cm³/mol. The second kappa shape index (κ2) is 8.34. The van der Waals surface area contributed by atoms with Gasteiger partial charge < -0.3 is 15.4 Å². The highest BCUT2D eigenvalue weighted by atomic mass is 19.1. The molecule has 0 spiro atoms. The number of methoxy groups -OCH3 is 1. The lowest BCUT2D eigenvalue weighted by molar-refractivity contribution is 0.411. The van der Waals surface area contributed by atoms with Crippen LogP contribution in [0.2, 0.25) is 0 Å². The first-order valence-corrected chi connectivity index (χ1v) is 7.86. The number of hydrogen-bond donors (Lipinski definition) is 2. The van der Waals surface area contributed by atoms with E-state index in [9.17, 15) is 4.39 Å². The molecule has 0 heterocycles. The summed E-state index contributed by atoms with van der Waals surface area (Å²) in [6.45, 7) is 4.93. The number of nitrogens with one attached hydrogen (secondary N) is 2. The molecule has 0 aliphatic rings. The van der Waals surface area contributed by atoms with Gasteiger partial charge in [0.25, 0.3) is 0 Å². The summed E-state index contributed by atoms with van der Waals surface area (Å²) < 4.78 is 18.8. The average molecular weight is 329 g/mol. The van der Waals surface area contributed by atoms with E-state index in [0.717, 1.165) is 22.4 Å². The first-order valence-electron chi connectivity index (χ1n) is 7.86. The fourth-order valence-electron chi connectivity index (χ4n) is 2.39. The van der Waals surface area contributed by atoms with Crippen LogP contribution in [0.1, 0.15) is 22.3 Å². The Hall–Kier alpha value is -2.56. The number of hydrogen-bond acceptors (Lipinski definition) is 2. The SMILES string of the molecule is CN=C(NCc1ccc(OC)c(C)c1)NCc1ccc(C)c(F)c1. The van der Waals surface area contributed by atoms with E-state index in [0.29, 0.717) is 24.6 Å². The first kappa shape index (κ1) is 17.8. The minimum atomic E-state index is -0.189. The van der Waals surface area contributed by atoms with Crippen LogP contribution >= 0.6 is 0 Å². The number of benzene rings is 2. The average Bonchev–Trinajstić information content (AvgIpc) is 2.58. The van der Waals surface area contributed by atoms with Crippen LogP contribution in [0.5, 0.6) is 5.75 Å². The van der Waals surface area contributed by atoms with Gasteiger partial charge >= 0.3 is 0 Å². The van der Waals surface area contributed by atoms with Gasteiger partial charge in [0.15, 0.2) is 5.96 Å². The summed E-state index contributed by atoms with van der Waals surface area (Å²) in [6.07, 6.45) is 0. The van der Waals surface area contributed by atoms with Crippen LogP contribution in [0.15, 0.2) is 41.4 Å². The number of aliphatic imine (C=N–C) groups is 1. The summed E-state index contributed by atoms with van der Waals surface area (Å²) in [4.78, 5) is 4.19. The molecule has 4 nitrogen and oxygen atoms in total. The fourth-order valence-corrected chi connectivity index (χ4v) is 2.39. The van der Waals surface area contributed by atoms with Crippen molar-refractivity contribution in [1.29, 1.82) is 0 Å². The van der Waals surface area contributed by atoms with Gasteiger partial charge in [-0.2, -0.15) is 0 Å². The van der Waals surface area contributed by atoms with E-state index in [2.05, 4.69) is 21.7 Å². The third kappa shape index (κ3) is 4.72. The number of aryl methyl sites for hydroxylation is 2. The zero-order chi connectivity index (χ0) is 17.5. The summed E-state index contributed by atoms with van der Waals surface area (Å²) in [5, 5.41) is 6.44. The molecule has 0 radical (unpaired) electrons. The van der Waals surface area contributed by atoms with Crippen LogP contribution < -0.4 is 15.4 Å². The Morgan fingerprint density at radius 3 is 2.17 bits per heavy atom. The van der Waals surface area contributed by atoms with Crippen molar-refractivity contribution in [1.82, 2.24) is 10.6 Å². The van der Waals surface area contributed by atoms with Gasteiger partial charge in [0.05, 0.1) is 7.11 Å². The zero-order valence-corrected chi connectivity index (χ0v) is 14.6. The molecule has 0 aliphatic heterocycles. The molecule has 128 valence electrons. The standard InChI is InChI=1S/C19H24FN3O/c1-13-5-6-16(10-17(13)20)12-23-19(21-3)22-11-15-7-8-18(24-4)14(2)9-15/h5-10H,11-12H2,1-4H3,(H2,21,22,23). The molecule has 0 unspecified atom stereocenters. The van der Waals surface area contributed by atoms with Crippen LogP contribution in [0.3, 0.4) is 0 Å². The highest BCUT2D eigenvalue weighted by Crippen LogP contribution is 2.18. The Labute approximate surface area is 142 Å². The molecule has 0 bridgehead atoms. The van der Waals surface area contributed by atoms with Crippen molar-refractivity contribution in [2.45, 2.75) is 26.9 Å². The van der Waals surface area contributed by atoms with Crippen molar-refractivity contribution in [2.24, 2.45) is 4.99 Å². The lowest BCUT2D eigenvalue weighted by Crippen LogP contribution is -2.36. The van der Waals surface area contributed by atoms with Crippen LogP contribution in [-0.4, -0.2) is 20.1 Å². The maximum atomic E-state index is 13.6. The molecule has 2 rings (SSSR count). The second-order valence-corrected chi connectivity index (χ2v) is 5.67. The Balaban J connectivity index is 1.90. The molecule has 0 aromatic heterocycles. The summed E-state index contributed by atoms with van der Waals surface area (Å²) >= 11 is 0. The molecular formula is C19H24FN3O. The molecule has 0 saturated heterocycles. The van der Waals surface area contributed by atoms with Gasteiger partial charge in [-0.1, -0.05) is 24.3 Å². The van der Waals surface area contributed by atoms with Gasteiger partial charge in [-0.15, -0.1) is 0 Å². The van der Waals surface area contributed by atoms with E-state index < -0.39 is 0 Å². The van der Waals surface area contributed by atoms with Crippen LogP contribution in [0.4, 0.5) is 4.39 Å². The van der Waals surface area contributed by atoms with Crippen molar-refractivity contribution in [3.63, 3.8) is 0 Å². The predicted octanol–water partition coefficient (Wildman–Crippen LogP) is 3.32. The highest BCUT2D eigenvalue weighted by molar-refractivity contribution is 5.79. The van der Waals surface area contributed by atoms with E-state index in [1.165, 1.54) is 0 Å². The molecule has 2 N–H and O–H groups in total. The van der Waals surface area contributed by atoms with Crippen molar-refractivity contribution in [3.8, 4) is 5.75 Å². The maximum absolute atomic E-state index is 13.6. The molecule has 0 atom stereocenters. The van der Waals surface area contributed by atoms with E-state index in [1.54, 1.807) is 33.2 Å². The highest BCUT2D eigenvalue weighted by Gasteiger charge is 2.03. The molecule has 0 saturated carbocycles. The monoisotopic (exact) mass is 329 g/mol. The van der Waals surface area contributed by atoms with Gasteiger partial charge in [-0.05, 0) is 48.2 Å². The third-order valence-electron chi connectivity index (χ3n) is 3.84. The number of halogens is 1. The van der Waals surface area contributed by atoms with E-state index in [1.807, 2.05) is 25.1 Å². The minimum absolute atomic E-state index is 0.189. The van der Waals surface area contributed by atoms with Gasteiger partial charge in [-0.25, -0.2) is 4.39 Å². The summed E-state index contributed by atoms with van der Waals surface area (Å²) in [5.41, 5.74) is 3.75. The van der Waals surface area contributed by atoms with E-state index in [4.69, 9.17) is 4.74 Å². The zero-order valence-electron chi connectivity index (χ0n) is 14.6. The van der Waals surface area contributed by atoms with Gasteiger partial charge in [0.1, 0.15) is 11.6 Å². The Morgan fingerprint density at radius 1 is 1.00 bits per heavy atom. The second-order valence-electron chi connectivity index (χ2n) is 5.67. The number of rotatable bonds is 5. The van der Waals surface area contributed by atoms with Crippen molar-refractivity contribution >= 4 is 5.96 Å². The van der Waals surface area contributed by atoms with Crippen LogP contribution in [-0.2, 0) is 13.1 Å². The molecule has 2 aromatic rings. The molecule has 0 fully saturated rings. The Bertz CT molecular complexity index is 729. The molecule has 0 aliphatic carbocycles. The summed E-state index contributed by atoms with van der Waals surface area (Å²) in [5.74, 6) is 1.36. The smallest absolute Gasteiger partial charge is 0.191 e. The topological polar surface area (TPSA) is 45.7 Å². The normalized spacial score (nSPS) is 11.3. The maximum Gasteiger partial charge on any atom is 0.191 e. The third-order valence-corrected chi connectivity index (χ3v) is 3.84. The number of ether oxygens (including phenoxy) is 1. The lowest BCUT2D eigenvalue weighted by atomic mass is 10.1. The van der Waals surface area contributed by atoms with Crippen molar-refractivity contribution in [2.75, 3.05) is 14.2 Å². The van der Waals surface area contributed by atoms with Crippen molar-refractivity contribution < 1.29 is 9.13 Å². The number of nitrogens with zero attached hydrogens (tertiary/aromatic N) is 1. The van der Waals surface area contributed by atoms with Gasteiger partial charge in [0, 0.05) is 20.1 Å². The molecule has 0 amide bonds. The lowest BCUT2D eigenvalue weighted by Gasteiger charge is -2.13. The Kier molecular flexibility index (Phi) is 6.18. The van der Waals surface area contributed by atoms with Crippen LogP contribution in [0, 0.1) is 19.7 Å². The molecule has 5 heteroatoms. The summed E-state index contributed by atoms with van der Waals surface area (Å²) in [7, 11) is 3.38. The quantitative estimate of drug-likeness (QED) is 0.653. The summed E-state index contributed by atoms with van der Waals surface area (Å²) in [6, 6.07) is 11.3.